The van der Waals surface area contributed by atoms with Crippen molar-refractivity contribution in [2.45, 2.75) is 47.0 Å². The number of amides is 1. The summed E-state index contributed by atoms with van der Waals surface area (Å²) in [5.41, 5.74) is 2.80. The molecule has 1 heterocycles. The van der Waals surface area contributed by atoms with Gasteiger partial charge in [-0.25, -0.2) is 0 Å². The molecule has 2 aliphatic rings. The van der Waals surface area contributed by atoms with Gasteiger partial charge in [-0.2, -0.15) is 0 Å². The van der Waals surface area contributed by atoms with Gasteiger partial charge in [0.2, 0.25) is 0 Å². The minimum atomic E-state index is -2.73. The zero-order valence-electron chi connectivity index (χ0n) is 14.0. The van der Waals surface area contributed by atoms with Crippen LogP contribution >= 0.6 is 0 Å². The SMILES string of the molecule is CCCCC(=O)[NH][Ti]1([C]2=C(C)C(C)=CC2C)[c]2cccc[c]21. The third-order valence-electron chi connectivity index (χ3n) is 5.11. The summed E-state index contributed by atoms with van der Waals surface area (Å²) in [5.74, 6) is 0.703. The van der Waals surface area contributed by atoms with Crippen molar-refractivity contribution in [1.82, 2.24) is 3.80 Å². The fraction of sp³-hybridized carbons (Fsp3) is 0.421. The summed E-state index contributed by atoms with van der Waals surface area (Å²) in [6.45, 7) is 8.84. The standard InChI is InChI=1S/C8H11.C6H4.C5H11NO.Ti/c1-6-4-7(2)8(3)5-6;1-2-4-6-5-3-1;1-2-3-4-5(6)7;/h4,6H,1-3H3;1-4H;2-4H2,1H3,(H2,6,7);/q;;;+1/p-1. The van der Waals surface area contributed by atoms with Crippen molar-refractivity contribution in [1.29, 1.82) is 0 Å². The number of carbonyl (C=O) groups is 1. The predicted molar refractivity (Wildman–Crippen MR) is 89.0 cm³/mol. The van der Waals surface area contributed by atoms with Crippen LogP contribution in [-0.4, -0.2) is 5.91 Å². The van der Waals surface area contributed by atoms with E-state index >= 15 is 0 Å². The van der Waals surface area contributed by atoms with E-state index in [-0.39, 0.29) is 5.91 Å². The van der Waals surface area contributed by atoms with Crippen LogP contribution in [0.2, 0.25) is 0 Å². The molecule has 1 atom stereocenters. The minimum absolute atomic E-state index is 0.245. The first kappa shape index (κ1) is 15.8. The summed E-state index contributed by atoms with van der Waals surface area (Å²) in [6, 6.07) is 8.69. The van der Waals surface area contributed by atoms with Gasteiger partial charge in [0.1, 0.15) is 0 Å². The molecule has 1 amide bonds. The first-order valence-electron chi connectivity index (χ1n) is 8.33. The molecule has 0 bridgehead atoms. The van der Waals surface area contributed by atoms with E-state index in [1.54, 1.807) is 3.88 Å². The van der Waals surface area contributed by atoms with E-state index in [0.29, 0.717) is 12.3 Å². The van der Waals surface area contributed by atoms with Gasteiger partial charge < -0.3 is 0 Å². The molecular formula is C19H25NOTi. The molecule has 0 aromatic heterocycles. The van der Waals surface area contributed by atoms with Gasteiger partial charge >= 0.3 is 137 Å². The van der Waals surface area contributed by atoms with Gasteiger partial charge in [-0.05, 0) is 0 Å². The monoisotopic (exact) mass is 331 g/mol. The van der Waals surface area contributed by atoms with Crippen LogP contribution < -0.4 is 11.5 Å². The third kappa shape index (κ3) is 2.33. The molecule has 22 heavy (non-hydrogen) atoms. The number of hydrogen-bond acceptors (Lipinski definition) is 1. The average Bonchev–Trinajstić information content (AvgIpc) is 3.04. The number of hydrogen-bond donors (Lipinski definition) is 1. The van der Waals surface area contributed by atoms with Gasteiger partial charge in [0, 0.05) is 0 Å². The average molecular weight is 331 g/mol. The Balaban J connectivity index is 1.97. The second-order valence-electron chi connectivity index (χ2n) is 6.62. The van der Waals surface area contributed by atoms with Crippen molar-refractivity contribution in [3.05, 3.63) is 45.4 Å². The van der Waals surface area contributed by atoms with Crippen molar-refractivity contribution >= 4 is 13.6 Å². The maximum atomic E-state index is 12.5. The number of allylic oxidation sites excluding steroid dienone is 4. The van der Waals surface area contributed by atoms with E-state index in [4.69, 9.17) is 0 Å². The van der Waals surface area contributed by atoms with Crippen LogP contribution in [0.4, 0.5) is 0 Å². The molecular weight excluding hydrogens is 306 g/mol. The van der Waals surface area contributed by atoms with Crippen LogP contribution in [0, 0.1) is 5.92 Å². The zero-order chi connectivity index (χ0) is 15.9. The second kappa shape index (κ2) is 5.83. The number of fused-ring (bicyclic) bond motifs is 1. The first-order chi connectivity index (χ1) is 10.5. The van der Waals surface area contributed by atoms with Crippen molar-refractivity contribution in [3.8, 4) is 0 Å². The van der Waals surface area contributed by atoms with Crippen LogP contribution in [0.25, 0.3) is 0 Å². The van der Waals surface area contributed by atoms with E-state index in [9.17, 15) is 4.79 Å². The Bertz CT molecular complexity index is 663. The Kier molecular flexibility index (Phi) is 4.18. The molecule has 3 heteroatoms. The van der Waals surface area contributed by atoms with Gasteiger partial charge in [-0.3, -0.25) is 0 Å². The van der Waals surface area contributed by atoms with Crippen LogP contribution in [-0.2, 0) is 21.6 Å². The Hall–Kier alpha value is -1.12. The molecule has 3 rings (SSSR count). The van der Waals surface area contributed by atoms with Gasteiger partial charge in [-0.1, -0.05) is 0 Å². The molecule has 1 aliphatic carbocycles. The van der Waals surface area contributed by atoms with E-state index in [1.807, 2.05) is 0 Å². The maximum absolute atomic E-state index is 12.5. The number of nitrogens with one attached hydrogen (secondary N) is 1. The van der Waals surface area contributed by atoms with Crippen LogP contribution in [0.15, 0.2) is 45.4 Å². The molecule has 0 fully saturated rings. The fourth-order valence-corrected chi connectivity index (χ4v) is 11.8. The Morgan fingerprint density at radius 3 is 2.36 bits per heavy atom. The van der Waals surface area contributed by atoms with Crippen molar-refractivity contribution in [3.63, 3.8) is 0 Å². The summed E-state index contributed by atoms with van der Waals surface area (Å²) in [5, 5.41) is 0. The van der Waals surface area contributed by atoms with Crippen molar-refractivity contribution in [2.75, 3.05) is 0 Å². The summed E-state index contributed by atoms with van der Waals surface area (Å²) in [7, 11) is 0. The molecule has 1 aromatic carbocycles. The molecule has 1 unspecified atom stereocenters. The van der Waals surface area contributed by atoms with Gasteiger partial charge in [0.05, 0.1) is 0 Å². The van der Waals surface area contributed by atoms with Gasteiger partial charge in [0.25, 0.3) is 0 Å². The molecule has 1 aromatic rings. The summed E-state index contributed by atoms with van der Waals surface area (Å²) >= 11 is -2.73. The van der Waals surface area contributed by atoms with Gasteiger partial charge in [-0.15, -0.1) is 0 Å². The predicted octanol–water partition coefficient (Wildman–Crippen LogP) is 3.20. The van der Waals surface area contributed by atoms with Crippen molar-refractivity contribution in [2.24, 2.45) is 5.92 Å². The van der Waals surface area contributed by atoms with Gasteiger partial charge in [0.15, 0.2) is 0 Å². The number of carbonyl (C=O) groups excluding carboxylic acids is 1. The first-order valence-corrected chi connectivity index (χ1v) is 11.5. The molecule has 0 saturated carbocycles. The van der Waals surface area contributed by atoms with Crippen LogP contribution in [0.5, 0.6) is 0 Å². The summed E-state index contributed by atoms with van der Waals surface area (Å²) in [6.07, 6.45) is 5.06. The number of unbranched alkanes of at least 4 members (excludes halogenated alkanes) is 1. The topological polar surface area (TPSA) is 29.1 Å². The number of rotatable bonds is 5. The summed E-state index contributed by atoms with van der Waals surface area (Å²) in [4.78, 5) is 12.5. The van der Waals surface area contributed by atoms with E-state index in [2.05, 4.69) is 61.8 Å². The molecule has 0 saturated heterocycles. The second-order valence-corrected chi connectivity index (χ2v) is 11.9. The van der Waals surface area contributed by atoms with E-state index in [1.165, 1.54) is 18.9 Å². The molecule has 0 radical (unpaired) electrons. The quantitative estimate of drug-likeness (QED) is 0.825. The zero-order valence-corrected chi connectivity index (χ0v) is 15.6. The molecule has 0 spiro atoms. The Labute approximate surface area is 137 Å². The summed E-state index contributed by atoms with van der Waals surface area (Å²) < 4.78 is 8.00. The normalized spacial score (nSPS) is 21.5. The third-order valence-corrected chi connectivity index (χ3v) is 12.2. The fourth-order valence-electron chi connectivity index (χ4n) is 3.91. The number of benzene rings is 1. The molecule has 1 N–H and O–H groups in total. The Morgan fingerprint density at radius 1 is 1.23 bits per heavy atom. The molecule has 1 aliphatic heterocycles. The van der Waals surface area contributed by atoms with Crippen LogP contribution in [0.3, 0.4) is 0 Å². The van der Waals surface area contributed by atoms with Crippen LogP contribution in [0.1, 0.15) is 47.0 Å². The van der Waals surface area contributed by atoms with Crippen molar-refractivity contribution < 1.29 is 21.6 Å². The molecule has 2 nitrogen and oxygen atoms in total. The Morgan fingerprint density at radius 2 is 1.86 bits per heavy atom. The van der Waals surface area contributed by atoms with E-state index in [0.717, 1.165) is 12.8 Å². The molecule has 116 valence electrons. The van der Waals surface area contributed by atoms with E-state index < -0.39 is 16.8 Å².